The molecule has 100 valence electrons. The zero-order valence-corrected chi connectivity index (χ0v) is 11.5. The number of rotatable bonds is 3. The third-order valence-corrected chi connectivity index (χ3v) is 3.64. The summed E-state index contributed by atoms with van der Waals surface area (Å²) in [6.45, 7) is 6.09. The van der Waals surface area contributed by atoms with E-state index in [0.717, 1.165) is 31.0 Å². The predicted molar refractivity (Wildman–Crippen MR) is 78.2 cm³/mol. The summed E-state index contributed by atoms with van der Waals surface area (Å²) < 4.78 is 1.89. The quantitative estimate of drug-likeness (QED) is 0.918. The minimum Gasteiger partial charge on any atom is -0.384 e. The summed E-state index contributed by atoms with van der Waals surface area (Å²) in [5, 5.41) is 4.60. The molecule has 0 bridgehead atoms. The van der Waals surface area contributed by atoms with Crippen LogP contribution >= 0.6 is 0 Å². The second-order valence-corrected chi connectivity index (χ2v) is 5.40. The number of aromatic nitrogens is 2. The van der Waals surface area contributed by atoms with Gasteiger partial charge in [0.1, 0.15) is 5.82 Å². The van der Waals surface area contributed by atoms with Crippen LogP contribution in [-0.2, 0) is 13.0 Å². The Hall–Kier alpha value is -1.97. The first-order chi connectivity index (χ1) is 9.15. The van der Waals surface area contributed by atoms with Crippen LogP contribution in [0.3, 0.4) is 0 Å². The molecule has 2 heterocycles. The molecule has 4 heteroatoms. The molecular weight excluding hydrogens is 236 g/mol. The van der Waals surface area contributed by atoms with Crippen LogP contribution in [-0.4, -0.2) is 16.3 Å². The van der Waals surface area contributed by atoms with E-state index in [9.17, 15) is 0 Å². The first-order valence-corrected chi connectivity index (χ1v) is 6.82. The van der Waals surface area contributed by atoms with E-state index in [1.165, 1.54) is 11.3 Å². The molecule has 1 aliphatic heterocycles. The maximum absolute atomic E-state index is 5.99. The van der Waals surface area contributed by atoms with Gasteiger partial charge in [-0.25, -0.2) is 4.68 Å². The van der Waals surface area contributed by atoms with Crippen molar-refractivity contribution in [2.75, 3.05) is 17.2 Å². The maximum atomic E-state index is 5.99. The van der Waals surface area contributed by atoms with Crippen molar-refractivity contribution >= 4 is 11.5 Å². The Labute approximate surface area is 113 Å². The van der Waals surface area contributed by atoms with Gasteiger partial charge in [-0.05, 0) is 31.9 Å². The second-order valence-electron chi connectivity index (χ2n) is 5.40. The van der Waals surface area contributed by atoms with E-state index in [4.69, 9.17) is 5.73 Å². The van der Waals surface area contributed by atoms with Crippen LogP contribution in [0.4, 0.5) is 11.5 Å². The van der Waals surface area contributed by atoms with Gasteiger partial charge in [-0.15, -0.1) is 0 Å². The van der Waals surface area contributed by atoms with Gasteiger partial charge in [0.25, 0.3) is 0 Å². The number of anilines is 2. The van der Waals surface area contributed by atoms with Gasteiger partial charge in [0.05, 0.1) is 12.2 Å². The molecule has 1 aromatic heterocycles. The average Bonchev–Trinajstić information content (AvgIpc) is 2.95. The molecule has 2 aromatic rings. The lowest BCUT2D eigenvalue weighted by atomic mass is 10.2. The van der Waals surface area contributed by atoms with E-state index in [1.54, 1.807) is 0 Å². The summed E-state index contributed by atoms with van der Waals surface area (Å²) in [4.78, 5) is 2.38. The Morgan fingerprint density at radius 2 is 2.11 bits per heavy atom. The molecular formula is C15H20N4. The highest BCUT2D eigenvalue weighted by Gasteiger charge is 2.19. The van der Waals surface area contributed by atoms with Crippen LogP contribution in [0.2, 0.25) is 0 Å². The molecule has 0 atom stereocenters. The van der Waals surface area contributed by atoms with Crippen molar-refractivity contribution < 1.29 is 0 Å². The number of fused-ring (bicyclic) bond motifs is 1. The third-order valence-electron chi connectivity index (χ3n) is 3.64. The molecule has 4 nitrogen and oxygen atoms in total. The molecule has 0 unspecified atom stereocenters. The third kappa shape index (κ3) is 2.18. The van der Waals surface area contributed by atoms with Crippen LogP contribution in [0.15, 0.2) is 30.3 Å². The van der Waals surface area contributed by atoms with Gasteiger partial charge in [0, 0.05) is 24.3 Å². The highest BCUT2D eigenvalue weighted by Crippen LogP contribution is 2.29. The van der Waals surface area contributed by atoms with Crippen molar-refractivity contribution in [2.45, 2.75) is 32.9 Å². The summed E-state index contributed by atoms with van der Waals surface area (Å²) in [6.07, 6.45) is 1.12. The number of para-hydroxylation sites is 1. The van der Waals surface area contributed by atoms with Crippen LogP contribution < -0.4 is 10.6 Å². The van der Waals surface area contributed by atoms with E-state index in [1.807, 2.05) is 10.7 Å². The van der Waals surface area contributed by atoms with Gasteiger partial charge >= 0.3 is 0 Å². The van der Waals surface area contributed by atoms with Gasteiger partial charge in [0.2, 0.25) is 0 Å². The summed E-state index contributed by atoms with van der Waals surface area (Å²) in [7, 11) is 0. The highest BCUT2D eigenvalue weighted by atomic mass is 15.3. The molecule has 3 rings (SSSR count). The number of nitrogens with zero attached hydrogens (tertiary/aromatic N) is 3. The first kappa shape index (κ1) is 12.1. The van der Waals surface area contributed by atoms with E-state index >= 15 is 0 Å². The summed E-state index contributed by atoms with van der Waals surface area (Å²) in [6, 6.07) is 10.9. The standard InChI is InChI=1S/C15H20N4/c1-11(2)19-15(16)9-13(17-19)10-18-8-7-12-5-3-4-6-14(12)18/h3-6,9,11H,7-8,10,16H2,1-2H3. The number of nitrogens with two attached hydrogens (primary N) is 1. The zero-order chi connectivity index (χ0) is 13.4. The molecule has 19 heavy (non-hydrogen) atoms. The molecule has 0 aliphatic carbocycles. The Morgan fingerprint density at radius 1 is 1.32 bits per heavy atom. The van der Waals surface area contributed by atoms with Crippen molar-refractivity contribution in [1.29, 1.82) is 0 Å². The molecule has 0 saturated carbocycles. The second kappa shape index (κ2) is 4.61. The van der Waals surface area contributed by atoms with Gasteiger partial charge in [0.15, 0.2) is 0 Å². The van der Waals surface area contributed by atoms with Crippen LogP contribution in [0.5, 0.6) is 0 Å². The fourth-order valence-corrected chi connectivity index (χ4v) is 2.72. The summed E-state index contributed by atoms with van der Waals surface area (Å²) in [5.74, 6) is 0.748. The van der Waals surface area contributed by atoms with Crippen molar-refractivity contribution in [1.82, 2.24) is 9.78 Å². The minimum absolute atomic E-state index is 0.305. The molecule has 1 aliphatic rings. The van der Waals surface area contributed by atoms with Crippen LogP contribution in [0, 0.1) is 0 Å². The van der Waals surface area contributed by atoms with Crippen molar-refractivity contribution in [3.05, 3.63) is 41.6 Å². The Balaban J connectivity index is 1.82. The van der Waals surface area contributed by atoms with E-state index in [2.05, 4.69) is 48.1 Å². The van der Waals surface area contributed by atoms with Gasteiger partial charge < -0.3 is 10.6 Å². The minimum atomic E-state index is 0.305. The molecule has 1 aromatic carbocycles. The number of nitrogen functional groups attached to an aromatic ring is 1. The lowest BCUT2D eigenvalue weighted by molar-refractivity contribution is 0.533. The molecule has 0 fully saturated rings. The van der Waals surface area contributed by atoms with Crippen molar-refractivity contribution in [2.24, 2.45) is 0 Å². The zero-order valence-electron chi connectivity index (χ0n) is 11.5. The molecule has 2 N–H and O–H groups in total. The largest absolute Gasteiger partial charge is 0.384 e. The number of hydrogen-bond donors (Lipinski definition) is 1. The van der Waals surface area contributed by atoms with Gasteiger partial charge in [-0.1, -0.05) is 18.2 Å². The van der Waals surface area contributed by atoms with E-state index < -0.39 is 0 Å². The SMILES string of the molecule is CC(C)n1nc(CN2CCc3ccccc32)cc1N. The van der Waals surface area contributed by atoms with Gasteiger partial charge in [-0.3, -0.25) is 0 Å². The lowest BCUT2D eigenvalue weighted by Gasteiger charge is -2.17. The monoisotopic (exact) mass is 256 g/mol. The Kier molecular flexibility index (Phi) is 2.93. The van der Waals surface area contributed by atoms with Crippen LogP contribution in [0.25, 0.3) is 0 Å². The smallest absolute Gasteiger partial charge is 0.122 e. The van der Waals surface area contributed by atoms with E-state index in [-0.39, 0.29) is 0 Å². The Morgan fingerprint density at radius 3 is 2.84 bits per heavy atom. The maximum Gasteiger partial charge on any atom is 0.122 e. The Bertz CT molecular complexity index is 586. The average molecular weight is 256 g/mol. The predicted octanol–water partition coefficient (Wildman–Crippen LogP) is 2.61. The normalized spacial score (nSPS) is 14.2. The summed E-state index contributed by atoms with van der Waals surface area (Å²) >= 11 is 0. The van der Waals surface area contributed by atoms with E-state index in [0.29, 0.717) is 6.04 Å². The molecule has 0 spiro atoms. The molecule has 0 amide bonds. The van der Waals surface area contributed by atoms with Crippen molar-refractivity contribution in [3.63, 3.8) is 0 Å². The summed E-state index contributed by atoms with van der Waals surface area (Å²) in [5.41, 5.74) is 9.80. The topological polar surface area (TPSA) is 47.1 Å². The number of hydrogen-bond acceptors (Lipinski definition) is 3. The van der Waals surface area contributed by atoms with Crippen molar-refractivity contribution in [3.8, 4) is 0 Å². The fraction of sp³-hybridized carbons (Fsp3) is 0.400. The lowest BCUT2D eigenvalue weighted by Crippen LogP contribution is -2.20. The fourth-order valence-electron chi connectivity index (χ4n) is 2.72. The first-order valence-electron chi connectivity index (χ1n) is 6.82. The molecule has 0 radical (unpaired) electrons. The highest BCUT2D eigenvalue weighted by molar-refractivity contribution is 5.58. The van der Waals surface area contributed by atoms with Gasteiger partial charge in [-0.2, -0.15) is 5.10 Å². The van der Waals surface area contributed by atoms with Crippen LogP contribution in [0.1, 0.15) is 31.1 Å². The molecule has 0 saturated heterocycles. The number of benzene rings is 1.